The summed E-state index contributed by atoms with van der Waals surface area (Å²) in [6.45, 7) is 6.23. The zero-order chi connectivity index (χ0) is 17.3. The van der Waals surface area contributed by atoms with Crippen LogP contribution in [0.25, 0.3) is 0 Å². The normalized spacial score (nSPS) is 24.3. The van der Waals surface area contributed by atoms with Gasteiger partial charge in [-0.3, -0.25) is 4.79 Å². The summed E-state index contributed by atoms with van der Waals surface area (Å²) in [4.78, 5) is 14.8. The van der Waals surface area contributed by atoms with Gasteiger partial charge in [-0.1, -0.05) is 35.8 Å². The number of ether oxygens (including phenoxy) is 1. The Morgan fingerprint density at radius 2 is 2.00 bits per heavy atom. The number of rotatable bonds is 2. The third kappa shape index (κ3) is 3.52. The maximum Gasteiger partial charge on any atom is 0.234 e. The Morgan fingerprint density at radius 3 is 2.67 bits per heavy atom. The molecule has 128 valence electrons. The number of amides is 1. The zero-order valence-corrected chi connectivity index (χ0v) is 15.2. The van der Waals surface area contributed by atoms with Crippen molar-refractivity contribution in [3.05, 3.63) is 46.1 Å². The molecule has 24 heavy (non-hydrogen) atoms. The van der Waals surface area contributed by atoms with Gasteiger partial charge in [-0.2, -0.15) is 0 Å². The highest BCUT2D eigenvalue weighted by Crippen LogP contribution is 2.34. The molecule has 2 atom stereocenters. The van der Waals surface area contributed by atoms with Gasteiger partial charge >= 0.3 is 0 Å². The minimum absolute atomic E-state index is 0.0122. The number of nitrogens with zero attached hydrogens (tertiary/aromatic N) is 1. The summed E-state index contributed by atoms with van der Waals surface area (Å²) >= 11 is 17.4. The van der Waals surface area contributed by atoms with Crippen molar-refractivity contribution in [2.75, 3.05) is 26.3 Å². The van der Waals surface area contributed by atoms with Crippen molar-refractivity contribution in [2.24, 2.45) is 5.92 Å². The van der Waals surface area contributed by atoms with Crippen molar-refractivity contribution in [3.8, 4) is 0 Å². The molecular formula is C16H17Cl2N3O2S. The van der Waals surface area contributed by atoms with E-state index < -0.39 is 5.92 Å². The van der Waals surface area contributed by atoms with E-state index in [2.05, 4.69) is 17.2 Å². The number of morpholine rings is 1. The second-order valence-corrected chi connectivity index (χ2v) is 6.91. The largest absolute Gasteiger partial charge is 0.378 e. The van der Waals surface area contributed by atoms with Crippen molar-refractivity contribution < 1.29 is 9.53 Å². The van der Waals surface area contributed by atoms with Crippen molar-refractivity contribution >= 4 is 46.4 Å². The Labute approximate surface area is 155 Å². The van der Waals surface area contributed by atoms with Gasteiger partial charge in [0.2, 0.25) is 5.91 Å². The first-order valence-corrected chi connectivity index (χ1v) is 8.71. The predicted molar refractivity (Wildman–Crippen MR) is 98.1 cm³/mol. The van der Waals surface area contributed by atoms with E-state index >= 15 is 0 Å². The molecule has 0 aromatic heterocycles. The number of hydrogen-bond donors (Lipinski definition) is 2. The molecule has 2 aliphatic rings. The standard InChI is InChI=1S/C16H17Cl2N3O2S/c1-9-13(15(22)21-4-6-23-7-5-21)14(20-16(24)19-9)10-2-3-11(17)12(18)8-10/h2-3,8,13-14H,1,4-7H2,(H2,19,20,24)/t13-,14+/m1/s1. The number of carbonyl (C=O) groups is 1. The molecule has 0 bridgehead atoms. The number of nitrogens with one attached hydrogen (secondary N) is 2. The molecule has 2 aliphatic heterocycles. The van der Waals surface area contributed by atoms with Crippen LogP contribution in [0.15, 0.2) is 30.5 Å². The topological polar surface area (TPSA) is 53.6 Å². The lowest BCUT2D eigenvalue weighted by molar-refractivity contribution is -0.139. The van der Waals surface area contributed by atoms with Gasteiger partial charge in [0.25, 0.3) is 0 Å². The second kappa shape index (κ2) is 7.27. The van der Waals surface area contributed by atoms with Crippen LogP contribution >= 0.6 is 35.4 Å². The highest BCUT2D eigenvalue weighted by atomic mass is 35.5. The minimum Gasteiger partial charge on any atom is -0.378 e. The van der Waals surface area contributed by atoms with Crippen LogP contribution in [0.2, 0.25) is 10.0 Å². The van der Waals surface area contributed by atoms with E-state index in [0.29, 0.717) is 47.2 Å². The van der Waals surface area contributed by atoms with E-state index in [1.165, 1.54) is 0 Å². The summed E-state index contributed by atoms with van der Waals surface area (Å²) < 4.78 is 5.32. The molecule has 0 saturated carbocycles. The third-order valence-corrected chi connectivity index (χ3v) is 5.12. The van der Waals surface area contributed by atoms with Gasteiger partial charge in [0.15, 0.2) is 5.11 Å². The monoisotopic (exact) mass is 385 g/mol. The number of carbonyl (C=O) groups excluding carboxylic acids is 1. The molecule has 3 rings (SSSR count). The van der Waals surface area contributed by atoms with Gasteiger partial charge in [0.05, 0.1) is 29.3 Å². The molecule has 1 amide bonds. The molecule has 0 unspecified atom stereocenters. The summed E-state index contributed by atoms with van der Waals surface area (Å²) in [5, 5.41) is 7.45. The maximum atomic E-state index is 13.0. The van der Waals surface area contributed by atoms with Gasteiger partial charge < -0.3 is 20.3 Å². The minimum atomic E-state index is -0.493. The van der Waals surface area contributed by atoms with Crippen molar-refractivity contribution in [1.29, 1.82) is 0 Å². The van der Waals surface area contributed by atoms with Crippen LogP contribution in [0, 0.1) is 5.92 Å². The second-order valence-electron chi connectivity index (χ2n) is 5.69. The molecule has 0 spiro atoms. The highest BCUT2D eigenvalue weighted by Gasteiger charge is 2.39. The Bertz CT molecular complexity index is 692. The summed E-state index contributed by atoms with van der Waals surface area (Å²) in [7, 11) is 0. The van der Waals surface area contributed by atoms with E-state index in [-0.39, 0.29) is 11.9 Å². The number of hydrogen-bond acceptors (Lipinski definition) is 3. The molecule has 5 nitrogen and oxygen atoms in total. The maximum absolute atomic E-state index is 13.0. The first-order chi connectivity index (χ1) is 11.5. The highest BCUT2D eigenvalue weighted by molar-refractivity contribution is 7.80. The van der Waals surface area contributed by atoms with Crippen molar-refractivity contribution in [1.82, 2.24) is 15.5 Å². The lowest BCUT2D eigenvalue weighted by atomic mass is 9.88. The molecule has 2 heterocycles. The molecule has 0 aliphatic carbocycles. The van der Waals surface area contributed by atoms with E-state index in [1.807, 2.05) is 6.07 Å². The van der Waals surface area contributed by atoms with E-state index in [4.69, 9.17) is 40.2 Å². The molecule has 0 radical (unpaired) electrons. The molecular weight excluding hydrogens is 369 g/mol. The average Bonchev–Trinajstić information content (AvgIpc) is 2.57. The third-order valence-electron chi connectivity index (χ3n) is 4.16. The Hall–Kier alpha value is -1.34. The lowest BCUT2D eigenvalue weighted by Gasteiger charge is -2.39. The fraction of sp³-hybridized carbons (Fsp3) is 0.375. The first-order valence-electron chi connectivity index (χ1n) is 7.55. The van der Waals surface area contributed by atoms with Crippen LogP contribution in [-0.2, 0) is 9.53 Å². The summed E-state index contributed by atoms with van der Waals surface area (Å²) in [5.74, 6) is -0.506. The average molecular weight is 386 g/mol. The molecule has 1 aromatic rings. The van der Waals surface area contributed by atoms with Crippen molar-refractivity contribution in [3.63, 3.8) is 0 Å². The molecule has 2 saturated heterocycles. The van der Waals surface area contributed by atoms with Crippen LogP contribution in [-0.4, -0.2) is 42.2 Å². The number of thiocarbonyl (C=S) groups is 1. The van der Waals surface area contributed by atoms with Crippen LogP contribution < -0.4 is 10.6 Å². The fourth-order valence-corrected chi connectivity index (χ4v) is 3.50. The zero-order valence-electron chi connectivity index (χ0n) is 12.9. The van der Waals surface area contributed by atoms with Crippen molar-refractivity contribution in [2.45, 2.75) is 6.04 Å². The Morgan fingerprint density at radius 1 is 1.29 bits per heavy atom. The van der Waals surface area contributed by atoms with Gasteiger partial charge in [-0.25, -0.2) is 0 Å². The van der Waals surface area contributed by atoms with Gasteiger partial charge in [-0.05, 0) is 29.9 Å². The quantitative estimate of drug-likeness (QED) is 0.765. The van der Waals surface area contributed by atoms with Crippen LogP contribution in [0.5, 0.6) is 0 Å². The molecule has 2 fully saturated rings. The summed E-state index contributed by atoms with van der Waals surface area (Å²) in [6.07, 6.45) is 0. The van der Waals surface area contributed by atoms with Crippen LogP contribution in [0.3, 0.4) is 0 Å². The lowest BCUT2D eigenvalue weighted by Crippen LogP contribution is -2.55. The van der Waals surface area contributed by atoms with E-state index in [9.17, 15) is 4.79 Å². The van der Waals surface area contributed by atoms with E-state index in [1.54, 1.807) is 17.0 Å². The molecule has 1 aromatic carbocycles. The fourth-order valence-electron chi connectivity index (χ4n) is 2.94. The van der Waals surface area contributed by atoms with Gasteiger partial charge in [0, 0.05) is 18.8 Å². The Balaban J connectivity index is 1.92. The number of halogens is 2. The van der Waals surface area contributed by atoms with Gasteiger partial charge in [0.1, 0.15) is 5.92 Å². The first kappa shape index (κ1) is 17.5. The SMILES string of the molecule is C=C1NC(=S)N[C@@H](c2ccc(Cl)c(Cl)c2)[C@@H]1C(=O)N1CCOCC1. The Kier molecular flexibility index (Phi) is 5.30. The number of benzene rings is 1. The molecule has 8 heteroatoms. The van der Waals surface area contributed by atoms with Gasteiger partial charge in [-0.15, -0.1) is 0 Å². The smallest absolute Gasteiger partial charge is 0.234 e. The summed E-state index contributed by atoms with van der Waals surface area (Å²) in [6, 6.07) is 4.96. The van der Waals surface area contributed by atoms with Crippen LogP contribution in [0.1, 0.15) is 11.6 Å². The molecule has 2 N–H and O–H groups in total. The van der Waals surface area contributed by atoms with E-state index in [0.717, 1.165) is 5.56 Å². The summed E-state index contributed by atoms with van der Waals surface area (Å²) in [5.41, 5.74) is 1.41. The predicted octanol–water partition coefficient (Wildman–Crippen LogP) is 2.50. The van der Waals surface area contributed by atoms with Crippen LogP contribution in [0.4, 0.5) is 0 Å².